The van der Waals surface area contributed by atoms with Crippen LogP contribution in [0.15, 0.2) is 72.8 Å². The van der Waals surface area contributed by atoms with Gasteiger partial charge in [0.15, 0.2) is 47.5 Å². The van der Waals surface area contributed by atoms with Crippen LogP contribution in [0.4, 0.5) is 0 Å². The molecule has 0 aromatic heterocycles. The van der Waals surface area contributed by atoms with Gasteiger partial charge in [-0.25, -0.2) is 0 Å². The molecule has 13 rings (SSSR count). The predicted molar refractivity (Wildman–Crippen MR) is 507 cm³/mol. The van der Waals surface area contributed by atoms with Gasteiger partial charge < -0.3 is 167 Å². The molecule has 0 aliphatic carbocycles. The number of aromatic hydroxyl groups is 3. The number of ether oxygens (including phenoxy) is 9. The molecule has 5 unspecified atom stereocenters. The van der Waals surface area contributed by atoms with Gasteiger partial charge >= 0.3 is 0 Å². The molecule has 790 valence electrons. The zero-order valence-electron chi connectivity index (χ0n) is 80.3. The van der Waals surface area contributed by atoms with Crippen molar-refractivity contribution in [1.82, 2.24) is 31.9 Å². The number of aliphatic hydroxyl groups is 14. The molecule has 5 aromatic carbocycles. The number of nitrogens with two attached hydrogens (primary N) is 1. The van der Waals surface area contributed by atoms with Gasteiger partial charge in [0.2, 0.25) is 47.8 Å². The number of hydrogen-bond donors (Lipinski definition) is 24. The summed E-state index contributed by atoms with van der Waals surface area (Å²) in [5.41, 5.74) is 1.74. The second-order valence-electron chi connectivity index (χ2n) is 38.1. The van der Waals surface area contributed by atoms with Crippen molar-refractivity contribution in [3.63, 3.8) is 0 Å². The van der Waals surface area contributed by atoms with E-state index in [0.29, 0.717) is 13.0 Å². The van der Waals surface area contributed by atoms with Gasteiger partial charge in [0.05, 0.1) is 59.5 Å². The molecule has 42 nitrogen and oxygen atoms in total. The highest BCUT2D eigenvalue weighted by atomic mass is 35.5. The first-order valence-electron chi connectivity index (χ1n) is 48.5. The highest BCUT2D eigenvalue weighted by molar-refractivity contribution is 6.32. The average molecular weight is 2050 g/mol. The zero-order chi connectivity index (χ0) is 104. The van der Waals surface area contributed by atoms with Crippen LogP contribution in [0.1, 0.15) is 234 Å². The van der Waals surface area contributed by atoms with Gasteiger partial charge in [0, 0.05) is 66.8 Å². The van der Waals surface area contributed by atoms with Crippen LogP contribution in [0.5, 0.6) is 46.0 Å². The van der Waals surface area contributed by atoms with Crippen molar-refractivity contribution < 1.29 is 173 Å². The molecule has 0 saturated carbocycles. The lowest BCUT2D eigenvalue weighted by atomic mass is 9.84. The summed E-state index contributed by atoms with van der Waals surface area (Å²) in [7, 11) is 0. The number of Topliss-reactive ketones (excluding diaryl/α,β-unsaturated/α-hetero) is 3. The van der Waals surface area contributed by atoms with Crippen molar-refractivity contribution in [2.45, 2.75) is 329 Å². The second kappa shape index (κ2) is 52.2. The molecule has 5 amide bonds. The van der Waals surface area contributed by atoms with Crippen LogP contribution >= 0.6 is 23.2 Å². The third-order valence-corrected chi connectivity index (χ3v) is 27.7. The Labute approximate surface area is 835 Å². The molecule has 3 fully saturated rings. The number of nitrogens with one attached hydrogen (secondary N) is 6. The summed E-state index contributed by atoms with van der Waals surface area (Å²) >= 11 is 14.5. The smallest absolute Gasteiger partial charge is 0.295 e. The summed E-state index contributed by atoms with van der Waals surface area (Å²) in [6, 6.07) is 6.91. The van der Waals surface area contributed by atoms with Crippen LogP contribution in [0, 0.1) is 17.8 Å². The van der Waals surface area contributed by atoms with E-state index < -0.39 is 331 Å². The number of ketones is 3. The number of carbonyl (C=O) groups excluding carboxylic acids is 9. The largest absolute Gasteiger partial charge is 0.507 e. The number of phenols is 3. The van der Waals surface area contributed by atoms with Gasteiger partial charge in [0.25, 0.3) is 6.47 Å². The summed E-state index contributed by atoms with van der Waals surface area (Å²) in [4.78, 5) is 134. The Kier molecular flexibility index (Phi) is 41.5. The van der Waals surface area contributed by atoms with Crippen LogP contribution in [0.25, 0.3) is 11.1 Å². The summed E-state index contributed by atoms with van der Waals surface area (Å²) in [5.74, 6) is -19.0. The highest BCUT2D eigenvalue weighted by Gasteiger charge is 2.54. The molecule has 0 spiro atoms. The number of aliphatic hydroxyl groups excluding tert-OH is 14. The molecular weight excluding hydrogens is 1920 g/mol. The third kappa shape index (κ3) is 28.1. The Morgan fingerprint density at radius 1 is 0.643 bits per heavy atom. The van der Waals surface area contributed by atoms with E-state index in [-0.39, 0.29) is 77.6 Å². The van der Waals surface area contributed by atoms with E-state index in [0.717, 1.165) is 87.1 Å². The number of unbranched alkanes of at least 4 members (excludes halogenated alkanes) is 11. The van der Waals surface area contributed by atoms with E-state index in [1.165, 1.54) is 56.4 Å². The standard InChI is InChI=1S/C99H135Cl2N7O35/c1-7-9-10-11-12-13-14-15-16-17-19-29-104-99(6)40-73(136-47(5)91(99)130)141-90-86(128)83(125)71(44-111)140-98(90)143-89-68-35-52-36-69(89)138-67-27-24-51(33-59(67)101)79(121)77-95(134)108-96(135-45-112)56-39-62(115)57(41-103-28-20-18-21-61(114)81(123)85(127)88(65(118)42-109)142-97-87(129)84(126)82(124)70(43-110)139-97)80(122)74(56)55-31-49(22-25-60(55)113)54(94(133)107-77)38-64(117)75(52)105-93(132)53(37-72(102)119)34-63(116)76(106-92(131)48(8-2)30-46(3)4)78(120)50-23-26-66(137-68)58(100)32-50/h22-27,31-33,35-36,39,45-48,53-54,65,70-71,73,75-79,81-88,90-91,96-98,103-104,109-111,113,115,118,120-130H,7-21,28-30,34,37-38,40-44H2,1-6H3,(H2,102,119)(H,105,132)(H,106,131)(H,107,133)(H,108,134)/t47-,48+,53-,54+,65+,70?,71+,73-,75+,76-,77-,78+,79+,81-,82-,83?,84-,85+,86?,87?,88+,90+,91+,96+,97-,98-,99?/m0/s1. The molecule has 8 aliphatic heterocycles. The van der Waals surface area contributed by atoms with Crippen molar-refractivity contribution in [3.05, 3.63) is 116 Å². The summed E-state index contributed by atoms with van der Waals surface area (Å²) in [5, 5.41) is 209. The van der Waals surface area contributed by atoms with Crippen molar-refractivity contribution in [2.75, 3.05) is 32.9 Å². The maximum atomic E-state index is 16.7. The maximum Gasteiger partial charge on any atom is 0.295 e. The monoisotopic (exact) mass is 2050 g/mol. The normalized spacial score (nSPS) is 28.6. The Morgan fingerprint density at radius 3 is 1.84 bits per heavy atom. The third-order valence-electron chi connectivity index (χ3n) is 27.1. The molecule has 11 bridgehead atoms. The van der Waals surface area contributed by atoms with Gasteiger partial charge in [-0.3, -0.25) is 43.2 Å². The molecule has 143 heavy (non-hydrogen) atoms. The van der Waals surface area contributed by atoms with E-state index >= 15 is 24.0 Å². The topological polar surface area (TPSA) is 679 Å². The first-order chi connectivity index (χ1) is 68.1. The first-order valence-corrected chi connectivity index (χ1v) is 49.3. The quantitative estimate of drug-likeness (QED) is 0.0196. The van der Waals surface area contributed by atoms with Gasteiger partial charge in [-0.2, -0.15) is 0 Å². The summed E-state index contributed by atoms with van der Waals surface area (Å²) < 4.78 is 56.1. The maximum absolute atomic E-state index is 16.7. The minimum Gasteiger partial charge on any atom is -0.507 e. The number of phenolic OH excluding ortho intramolecular Hbond substituents is 3. The molecule has 44 heteroatoms. The SMILES string of the molecule is CCCCCCCCCCCCCNC1(C)C[C@H](O[C@@H]2C(O)C(O)[C@@H](CO)O[C@H]2Oc2c3cc4cc2Oc2ccc(cc2Cl)[C@@H](O)[C@@H](NC(=O)[C@H](CC)CC(C)C)C(=O)C[C@@H](CC(N)=O)C(=O)N[C@H]4C(=O)C[C@H]2C(=O)N[C@H](C(=O)N[C@H](OC=O)c4cc(O)c(CNCCCCC(=O)[C@H](O)[C@@H](O)[C@H](O[C@@H]5OC(CO)[C@H](O)[C@H](O)C5O)[C@H](O)CO)c(O)c4-c4cc2ccc4O)[C@H](O)c2ccc(c(Cl)c2)O3)O[C@@H](C)[C@H]1O. The molecule has 8 heterocycles. The van der Waals surface area contributed by atoms with Crippen LogP contribution in [0.3, 0.4) is 0 Å². The Morgan fingerprint density at radius 2 is 1.24 bits per heavy atom. The molecule has 5 aromatic rings. The van der Waals surface area contributed by atoms with Crippen LogP contribution in [-0.4, -0.2) is 295 Å². The fourth-order valence-electron chi connectivity index (χ4n) is 18.8. The van der Waals surface area contributed by atoms with Crippen LogP contribution < -0.4 is 51.8 Å². The van der Waals surface area contributed by atoms with E-state index in [2.05, 4.69) is 38.8 Å². The second-order valence-corrected chi connectivity index (χ2v) is 38.9. The van der Waals surface area contributed by atoms with Crippen molar-refractivity contribution in [3.8, 4) is 57.1 Å². The lowest BCUT2D eigenvalue weighted by molar-refractivity contribution is -0.334. The molecule has 0 radical (unpaired) electrons. The minimum absolute atomic E-state index is 0.0370. The molecule has 8 aliphatic rings. The number of benzene rings is 5. The fourth-order valence-corrected chi connectivity index (χ4v) is 19.3. The van der Waals surface area contributed by atoms with Gasteiger partial charge in [0.1, 0.15) is 126 Å². The van der Waals surface area contributed by atoms with Crippen LogP contribution in [0.2, 0.25) is 10.0 Å². The minimum atomic E-state index is -2.34. The van der Waals surface area contributed by atoms with Crippen molar-refractivity contribution in [2.24, 2.45) is 23.5 Å². The van der Waals surface area contributed by atoms with E-state index in [1.54, 1.807) is 20.8 Å². The van der Waals surface area contributed by atoms with Crippen molar-refractivity contribution >= 4 is 76.6 Å². The Bertz CT molecular complexity index is 5200. The average Bonchev–Trinajstić information content (AvgIpc) is 0.754. The fraction of sp³-hybridized carbons (Fsp3) is 0.606. The van der Waals surface area contributed by atoms with Crippen molar-refractivity contribution in [1.29, 1.82) is 0 Å². The molecular formula is C99H135Cl2N7O35. The molecule has 27 atom stereocenters. The number of primary amides is 1. The zero-order valence-corrected chi connectivity index (χ0v) is 81.8. The summed E-state index contributed by atoms with van der Waals surface area (Å²) in [6.07, 6.45) is -29.0. The lowest BCUT2D eigenvalue weighted by Gasteiger charge is -2.48. The predicted octanol–water partition coefficient (Wildman–Crippen LogP) is 3.60. The Hall–Kier alpha value is -9.53. The Balaban J connectivity index is 1.01. The number of carbonyl (C=O) groups is 9. The number of fused-ring (bicyclic) bond motifs is 15. The summed E-state index contributed by atoms with van der Waals surface area (Å²) in [6.45, 7) is 7.71. The molecule has 25 N–H and O–H groups in total. The van der Waals surface area contributed by atoms with E-state index in [4.69, 9.17) is 71.6 Å². The van der Waals surface area contributed by atoms with Gasteiger partial charge in [-0.15, -0.1) is 0 Å². The number of rotatable bonds is 42. The van der Waals surface area contributed by atoms with Gasteiger partial charge in [-0.05, 0) is 142 Å². The number of hydrogen-bond acceptors (Lipinski definition) is 37. The van der Waals surface area contributed by atoms with E-state index in [9.17, 15) is 106 Å². The van der Waals surface area contributed by atoms with Gasteiger partial charge in [-0.1, -0.05) is 133 Å². The lowest BCUT2D eigenvalue weighted by Crippen LogP contribution is -2.65. The first kappa shape index (κ1) is 114. The molecule has 3 saturated heterocycles. The number of amides is 5. The number of halogens is 2. The van der Waals surface area contributed by atoms with Crippen LogP contribution in [-0.2, 0) is 78.1 Å². The van der Waals surface area contributed by atoms with E-state index in [1.807, 2.05) is 13.8 Å². The highest BCUT2D eigenvalue weighted by Crippen LogP contribution is 2.52.